The van der Waals surface area contributed by atoms with Crippen LogP contribution >= 0.6 is 0 Å². The summed E-state index contributed by atoms with van der Waals surface area (Å²) >= 11 is 0. The Hall–Kier alpha value is -3.80. The molecular weight excluding hydrogens is 592 g/mol. The number of methoxy groups -OCH3 is 1. The summed E-state index contributed by atoms with van der Waals surface area (Å²) in [6.07, 6.45) is 3.23. The number of amides is 3. The van der Waals surface area contributed by atoms with Crippen molar-refractivity contribution in [1.82, 2.24) is 15.2 Å². The summed E-state index contributed by atoms with van der Waals surface area (Å²) in [5, 5.41) is 3.56. The van der Waals surface area contributed by atoms with Crippen LogP contribution in [0.4, 0.5) is 4.79 Å². The zero-order valence-electron chi connectivity index (χ0n) is 27.6. The number of carbonyl (C=O) groups is 3. The second kappa shape index (κ2) is 11.8. The van der Waals surface area contributed by atoms with Crippen LogP contribution in [-0.2, 0) is 19.1 Å². The Balaban J connectivity index is 1.19. The Bertz CT molecular complexity index is 1520. The molecule has 0 bridgehead atoms. The second-order valence-electron chi connectivity index (χ2n) is 14.5. The predicted molar refractivity (Wildman–Crippen MR) is 169 cm³/mol. The zero-order chi connectivity index (χ0) is 33.0. The van der Waals surface area contributed by atoms with Crippen molar-refractivity contribution in [3.63, 3.8) is 0 Å². The largest absolute Gasteiger partial charge is 0.491 e. The van der Waals surface area contributed by atoms with Crippen LogP contribution in [-0.4, -0.2) is 85.6 Å². The molecule has 3 saturated carbocycles. The van der Waals surface area contributed by atoms with Gasteiger partial charge in [-0.1, -0.05) is 20.8 Å². The number of hydrogen-bond acceptors (Lipinski definition) is 9. The molecule has 250 valence electrons. The van der Waals surface area contributed by atoms with E-state index in [0.717, 1.165) is 23.8 Å². The van der Waals surface area contributed by atoms with Crippen molar-refractivity contribution in [3.05, 3.63) is 23.8 Å². The van der Waals surface area contributed by atoms with E-state index in [1.165, 1.54) is 17.7 Å². The average molecular weight is 639 g/mol. The van der Waals surface area contributed by atoms with E-state index >= 15 is 0 Å². The van der Waals surface area contributed by atoms with Crippen molar-refractivity contribution in [2.45, 2.75) is 91.0 Å². The highest BCUT2D eigenvalue weighted by atomic mass is 16.6. The Morgan fingerprint density at radius 3 is 2.43 bits per heavy atom. The summed E-state index contributed by atoms with van der Waals surface area (Å²) in [6, 6.07) is 3.59. The summed E-state index contributed by atoms with van der Waals surface area (Å²) in [4.78, 5) is 45.9. The van der Waals surface area contributed by atoms with E-state index in [9.17, 15) is 14.4 Å². The number of hydrogen-bond donors (Lipinski definition) is 2. The molecule has 12 nitrogen and oxygen atoms in total. The molecule has 0 radical (unpaired) electrons. The molecule has 12 heteroatoms. The Kier molecular flexibility index (Phi) is 8.23. The first-order valence-corrected chi connectivity index (χ1v) is 16.2. The molecule has 1 aromatic heterocycles. The van der Waals surface area contributed by atoms with Gasteiger partial charge in [0.05, 0.1) is 25.3 Å². The van der Waals surface area contributed by atoms with Crippen molar-refractivity contribution in [3.8, 4) is 17.4 Å². The van der Waals surface area contributed by atoms with Crippen LogP contribution < -0.4 is 25.3 Å². The highest BCUT2D eigenvalue weighted by Gasteiger charge is 2.86. The SMILES string of the molecule is CCOc1cc(OC2C[C@@H](C(N)=O)N(C(=O)[C@@H](NC(=O)OC3CC45CC4(C3)C5)C(C)(C)C)C2)c2ccc(OCCOC)c(C)c2n1. The van der Waals surface area contributed by atoms with Crippen LogP contribution in [0.5, 0.6) is 17.4 Å². The third-order valence-corrected chi connectivity index (χ3v) is 10.2. The molecule has 1 aliphatic heterocycles. The van der Waals surface area contributed by atoms with Crippen LogP contribution in [0.25, 0.3) is 10.9 Å². The van der Waals surface area contributed by atoms with E-state index in [1.807, 2.05) is 46.8 Å². The minimum atomic E-state index is -0.937. The smallest absolute Gasteiger partial charge is 0.408 e. The van der Waals surface area contributed by atoms with Gasteiger partial charge < -0.3 is 39.6 Å². The molecule has 1 aromatic carbocycles. The van der Waals surface area contributed by atoms with Gasteiger partial charge in [0.2, 0.25) is 17.7 Å². The maximum absolute atomic E-state index is 14.1. The molecule has 2 heterocycles. The fourth-order valence-electron chi connectivity index (χ4n) is 7.67. The Labute approximate surface area is 269 Å². The number of nitrogens with two attached hydrogens (primary N) is 1. The molecule has 2 aromatic rings. The molecule has 3 amide bonds. The molecule has 3 aliphatic carbocycles. The molecule has 1 unspecified atom stereocenters. The standard InChI is InChI=1S/C34H46N4O8/c1-7-43-26-13-25(22-8-9-24(44-11-10-42-6)19(2)27(22)36-26)45-20-12-23(29(35)39)38(16-20)30(40)28(32(3,4)5)37-31(41)46-21-14-33-17-34(33,15-21)18-33/h8-9,13,20-21,23,28H,7,10-12,14-18H2,1-6H3,(H2,35,39)(H,37,41)/t20?,21?,23-,28+,33?,34?/m0/s1. The summed E-state index contributed by atoms with van der Waals surface area (Å²) in [7, 11) is 1.62. The first-order chi connectivity index (χ1) is 21.8. The number of alkyl carbamates (subject to hydrolysis) is 1. The van der Waals surface area contributed by atoms with E-state index in [0.29, 0.717) is 53.5 Å². The summed E-state index contributed by atoms with van der Waals surface area (Å²) < 4.78 is 29.0. The van der Waals surface area contributed by atoms with Crippen molar-refractivity contribution in [1.29, 1.82) is 0 Å². The molecule has 3 atom stereocenters. The van der Waals surface area contributed by atoms with E-state index in [1.54, 1.807) is 13.2 Å². The van der Waals surface area contributed by atoms with Crippen molar-refractivity contribution >= 4 is 28.8 Å². The van der Waals surface area contributed by atoms with Gasteiger partial charge in [0.1, 0.15) is 42.4 Å². The van der Waals surface area contributed by atoms with Gasteiger partial charge in [0.15, 0.2) is 0 Å². The number of nitrogens with one attached hydrogen (secondary N) is 1. The monoisotopic (exact) mass is 638 g/mol. The quantitative estimate of drug-likeness (QED) is 0.330. The second-order valence-corrected chi connectivity index (χ2v) is 14.5. The van der Waals surface area contributed by atoms with E-state index in [4.69, 9.17) is 34.4 Å². The molecule has 4 fully saturated rings. The maximum atomic E-state index is 14.1. The number of nitrogens with zero attached hydrogens (tertiary/aromatic N) is 2. The normalized spacial score (nSPS) is 28.2. The number of fused-ring (bicyclic) bond motifs is 1. The number of ether oxygens (including phenoxy) is 5. The van der Waals surface area contributed by atoms with Crippen LogP contribution in [0.15, 0.2) is 18.2 Å². The first kappa shape index (κ1) is 32.2. The lowest BCUT2D eigenvalue weighted by Crippen LogP contribution is -2.57. The van der Waals surface area contributed by atoms with Crippen LogP contribution in [0.3, 0.4) is 0 Å². The Morgan fingerprint density at radius 2 is 1.80 bits per heavy atom. The number of likely N-dealkylation sites (tertiary alicyclic amines) is 1. The maximum Gasteiger partial charge on any atom is 0.408 e. The van der Waals surface area contributed by atoms with Gasteiger partial charge in [-0.15, -0.1) is 0 Å². The highest BCUT2D eigenvalue weighted by Crippen LogP contribution is 2.93. The number of pyridine rings is 1. The van der Waals surface area contributed by atoms with Gasteiger partial charge in [0.25, 0.3) is 0 Å². The molecular formula is C34H46N4O8. The highest BCUT2D eigenvalue weighted by molar-refractivity contribution is 5.92. The lowest BCUT2D eigenvalue weighted by Gasteiger charge is -2.35. The van der Waals surface area contributed by atoms with Gasteiger partial charge in [0, 0.05) is 30.5 Å². The number of benzene rings is 1. The van der Waals surface area contributed by atoms with E-state index in [-0.39, 0.29) is 19.1 Å². The predicted octanol–water partition coefficient (Wildman–Crippen LogP) is 3.88. The van der Waals surface area contributed by atoms with Gasteiger partial charge in [-0.05, 0) is 67.9 Å². The lowest BCUT2D eigenvalue weighted by atomic mass is 9.85. The number of primary amides is 1. The van der Waals surface area contributed by atoms with E-state index < -0.39 is 41.5 Å². The lowest BCUT2D eigenvalue weighted by molar-refractivity contribution is -0.141. The zero-order valence-corrected chi connectivity index (χ0v) is 27.6. The van der Waals surface area contributed by atoms with Crippen molar-refractivity contribution < 1.29 is 38.1 Å². The van der Waals surface area contributed by atoms with Crippen LogP contribution in [0, 0.1) is 23.2 Å². The Morgan fingerprint density at radius 1 is 1.09 bits per heavy atom. The summed E-state index contributed by atoms with van der Waals surface area (Å²) in [5.41, 5.74) is 7.46. The number of rotatable bonds is 12. The third kappa shape index (κ3) is 5.91. The van der Waals surface area contributed by atoms with Gasteiger partial charge in [-0.3, -0.25) is 9.59 Å². The summed E-state index contributed by atoms with van der Waals surface area (Å²) in [6.45, 7) is 10.7. The minimum Gasteiger partial charge on any atom is -0.491 e. The fraction of sp³-hybridized carbons (Fsp3) is 0.647. The van der Waals surface area contributed by atoms with E-state index in [2.05, 4.69) is 5.32 Å². The molecule has 0 spiro atoms. The molecule has 4 aliphatic rings. The van der Waals surface area contributed by atoms with Crippen LogP contribution in [0.2, 0.25) is 0 Å². The number of aromatic nitrogens is 1. The minimum absolute atomic E-state index is 0.106. The molecule has 1 saturated heterocycles. The third-order valence-electron chi connectivity index (χ3n) is 10.2. The molecule has 46 heavy (non-hydrogen) atoms. The molecule has 3 N–H and O–H groups in total. The number of aryl methyl sites for hydroxylation is 1. The topological polar surface area (TPSA) is 152 Å². The molecule has 6 rings (SSSR count). The summed E-state index contributed by atoms with van der Waals surface area (Å²) in [5.74, 6) is 0.510. The van der Waals surface area contributed by atoms with Crippen LogP contribution in [0.1, 0.15) is 65.4 Å². The van der Waals surface area contributed by atoms with Crippen molar-refractivity contribution in [2.24, 2.45) is 22.0 Å². The van der Waals surface area contributed by atoms with Gasteiger partial charge in [-0.2, -0.15) is 0 Å². The first-order valence-electron chi connectivity index (χ1n) is 16.2. The fourth-order valence-corrected chi connectivity index (χ4v) is 7.67. The average Bonchev–Trinajstić information content (AvgIpc) is 3.57. The van der Waals surface area contributed by atoms with Crippen molar-refractivity contribution in [2.75, 3.05) is 33.5 Å². The van der Waals surface area contributed by atoms with Gasteiger partial charge >= 0.3 is 6.09 Å². The number of carbonyl (C=O) groups excluding carboxylic acids is 3. The van der Waals surface area contributed by atoms with Gasteiger partial charge in [-0.25, -0.2) is 9.78 Å².